The lowest BCUT2D eigenvalue weighted by molar-refractivity contribution is -0.150. The van der Waals surface area contributed by atoms with Gasteiger partial charge in [-0.1, -0.05) is 0 Å². The van der Waals surface area contributed by atoms with E-state index in [0.717, 1.165) is 19.5 Å². The summed E-state index contributed by atoms with van der Waals surface area (Å²) in [4.78, 5) is 0. The van der Waals surface area contributed by atoms with Crippen LogP contribution in [-0.4, -0.2) is 58.0 Å². The van der Waals surface area contributed by atoms with Crippen molar-refractivity contribution in [1.29, 1.82) is 0 Å². The SMILES string of the molecule is CCOC(CCOCC1CNCC(C)O1)OCC. The first kappa shape index (κ1) is 15.9. The molecule has 0 radical (unpaired) electrons. The molecule has 0 aromatic carbocycles. The third-order valence-corrected chi connectivity index (χ3v) is 2.74. The van der Waals surface area contributed by atoms with Crippen molar-refractivity contribution in [2.24, 2.45) is 0 Å². The molecule has 1 fully saturated rings. The van der Waals surface area contributed by atoms with Crippen molar-refractivity contribution in [2.45, 2.75) is 45.7 Å². The number of ether oxygens (including phenoxy) is 4. The highest BCUT2D eigenvalue weighted by atomic mass is 16.7. The fourth-order valence-corrected chi connectivity index (χ4v) is 1.95. The molecule has 2 unspecified atom stereocenters. The molecule has 108 valence electrons. The molecule has 0 spiro atoms. The summed E-state index contributed by atoms with van der Waals surface area (Å²) in [6, 6.07) is 0. The summed E-state index contributed by atoms with van der Waals surface area (Å²) in [7, 11) is 0. The van der Waals surface area contributed by atoms with Crippen molar-refractivity contribution in [2.75, 3.05) is 39.5 Å². The predicted octanol–water partition coefficient (Wildman–Crippen LogP) is 1.17. The standard InChI is InChI=1S/C13H27NO4/c1-4-16-13(17-5-2)6-7-15-10-12-9-14-8-11(3)18-12/h11-14H,4-10H2,1-3H3. The fraction of sp³-hybridized carbons (Fsp3) is 1.00. The molecular weight excluding hydrogens is 234 g/mol. The summed E-state index contributed by atoms with van der Waals surface area (Å²) in [5.41, 5.74) is 0. The number of morpholine rings is 1. The molecule has 0 aromatic rings. The van der Waals surface area contributed by atoms with Crippen molar-refractivity contribution in [1.82, 2.24) is 5.32 Å². The number of nitrogens with one attached hydrogen (secondary N) is 1. The van der Waals surface area contributed by atoms with Crippen molar-refractivity contribution >= 4 is 0 Å². The maximum absolute atomic E-state index is 5.74. The molecule has 1 saturated heterocycles. The van der Waals surface area contributed by atoms with Gasteiger partial charge in [0.1, 0.15) is 0 Å². The molecule has 1 aliphatic heterocycles. The van der Waals surface area contributed by atoms with E-state index in [0.29, 0.717) is 26.4 Å². The zero-order valence-corrected chi connectivity index (χ0v) is 11.8. The second kappa shape index (κ2) is 9.69. The third-order valence-electron chi connectivity index (χ3n) is 2.74. The Morgan fingerprint density at radius 1 is 1.22 bits per heavy atom. The van der Waals surface area contributed by atoms with Gasteiger partial charge in [0.15, 0.2) is 6.29 Å². The summed E-state index contributed by atoms with van der Waals surface area (Å²) in [6.45, 7) is 10.4. The average Bonchev–Trinajstić information content (AvgIpc) is 2.35. The Morgan fingerprint density at radius 2 is 1.94 bits per heavy atom. The van der Waals surface area contributed by atoms with Crippen LogP contribution in [0.3, 0.4) is 0 Å². The van der Waals surface area contributed by atoms with E-state index < -0.39 is 0 Å². The van der Waals surface area contributed by atoms with E-state index in [1.54, 1.807) is 0 Å². The Balaban J connectivity index is 2.05. The van der Waals surface area contributed by atoms with Gasteiger partial charge in [-0.2, -0.15) is 0 Å². The number of hydrogen-bond acceptors (Lipinski definition) is 5. The van der Waals surface area contributed by atoms with Crippen LogP contribution in [0.2, 0.25) is 0 Å². The summed E-state index contributed by atoms with van der Waals surface area (Å²) < 4.78 is 22.2. The molecule has 5 heteroatoms. The minimum absolute atomic E-state index is 0.149. The normalized spacial score (nSPS) is 24.7. The first-order valence-electron chi connectivity index (χ1n) is 6.93. The monoisotopic (exact) mass is 261 g/mol. The van der Waals surface area contributed by atoms with E-state index in [2.05, 4.69) is 12.2 Å². The van der Waals surface area contributed by atoms with Gasteiger partial charge in [0.2, 0.25) is 0 Å². The van der Waals surface area contributed by atoms with Gasteiger partial charge < -0.3 is 24.3 Å². The van der Waals surface area contributed by atoms with Crippen LogP contribution in [0.1, 0.15) is 27.2 Å². The Hall–Kier alpha value is -0.200. The zero-order chi connectivity index (χ0) is 13.2. The van der Waals surface area contributed by atoms with Gasteiger partial charge in [0.05, 0.1) is 25.4 Å². The molecule has 0 bridgehead atoms. The quantitative estimate of drug-likeness (QED) is 0.499. The summed E-state index contributed by atoms with van der Waals surface area (Å²) in [5.74, 6) is 0. The highest BCUT2D eigenvalue weighted by molar-refractivity contribution is 4.71. The molecule has 1 N–H and O–H groups in total. The summed E-state index contributed by atoms with van der Waals surface area (Å²) in [6.07, 6.45) is 1.04. The summed E-state index contributed by atoms with van der Waals surface area (Å²) in [5, 5.41) is 3.32. The topological polar surface area (TPSA) is 49.0 Å². The van der Waals surface area contributed by atoms with Crippen LogP contribution in [0.25, 0.3) is 0 Å². The third kappa shape index (κ3) is 6.66. The lowest BCUT2D eigenvalue weighted by Crippen LogP contribution is -2.45. The fourth-order valence-electron chi connectivity index (χ4n) is 1.95. The van der Waals surface area contributed by atoms with Gasteiger partial charge in [-0.3, -0.25) is 0 Å². The van der Waals surface area contributed by atoms with E-state index in [1.807, 2.05) is 13.8 Å². The van der Waals surface area contributed by atoms with Crippen LogP contribution in [0, 0.1) is 0 Å². The number of rotatable bonds is 9. The van der Waals surface area contributed by atoms with Crippen molar-refractivity contribution in [3.8, 4) is 0 Å². The second-order valence-corrected chi connectivity index (χ2v) is 4.43. The minimum Gasteiger partial charge on any atom is -0.379 e. The number of hydrogen-bond donors (Lipinski definition) is 1. The first-order chi connectivity index (χ1) is 8.76. The Bertz CT molecular complexity index is 191. The lowest BCUT2D eigenvalue weighted by Gasteiger charge is -2.28. The van der Waals surface area contributed by atoms with E-state index in [1.165, 1.54) is 0 Å². The van der Waals surface area contributed by atoms with Crippen molar-refractivity contribution < 1.29 is 18.9 Å². The predicted molar refractivity (Wildman–Crippen MR) is 69.7 cm³/mol. The molecular formula is C13H27NO4. The second-order valence-electron chi connectivity index (χ2n) is 4.43. The van der Waals surface area contributed by atoms with Gasteiger partial charge in [-0.05, 0) is 20.8 Å². The van der Waals surface area contributed by atoms with Crippen LogP contribution in [0.4, 0.5) is 0 Å². The highest BCUT2D eigenvalue weighted by Gasteiger charge is 2.18. The van der Waals surface area contributed by atoms with Crippen molar-refractivity contribution in [3.63, 3.8) is 0 Å². The molecule has 5 nitrogen and oxygen atoms in total. The molecule has 1 heterocycles. The molecule has 1 aliphatic rings. The van der Waals surface area contributed by atoms with E-state index in [4.69, 9.17) is 18.9 Å². The smallest absolute Gasteiger partial charge is 0.159 e. The molecule has 1 rings (SSSR count). The van der Waals surface area contributed by atoms with Gasteiger partial charge in [-0.15, -0.1) is 0 Å². The first-order valence-corrected chi connectivity index (χ1v) is 6.93. The van der Waals surface area contributed by atoms with E-state index in [-0.39, 0.29) is 18.5 Å². The Kier molecular flexibility index (Phi) is 8.54. The van der Waals surface area contributed by atoms with Crippen LogP contribution in [-0.2, 0) is 18.9 Å². The maximum atomic E-state index is 5.74. The van der Waals surface area contributed by atoms with Crippen molar-refractivity contribution in [3.05, 3.63) is 0 Å². The van der Waals surface area contributed by atoms with Gasteiger partial charge in [0.25, 0.3) is 0 Å². The zero-order valence-electron chi connectivity index (χ0n) is 11.8. The van der Waals surface area contributed by atoms with Gasteiger partial charge >= 0.3 is 0 Å². The highest BCUT2D eigenvalue weighted by Crippen LogP contribution is 2.05. The Labute approximate surface area is 110 Å². The Morgan fingerprint density at radius 3 is 2.56 bits per heavy atom. The van der Waals surface area contributed by atoms with Crippen LogP contribution in [0.5, 0.6) is 0 Å². The van der Waals surface area contributed by atoms with E-state index in [9.17, 15) is 0 Å². The van der Waals surface area contributed by atoms with Gasteiger partial charge in [0, 0.05) is 32.7 Å². The largest absolute Gasteiger partial charge is 0.379 e. The summed E-state index contributed by atoms with van der Waals surface area (Å²) >= 11 is 0. The molecule has 0 saturated carbocycles. The maximum Gasteiger partial charge on any atom is 0.159 e. The van der Waals surface area contributed by atoms with E-state index >= 15 is 0 Å². The lowest BCUT2D eigenvalue weighted by atomic mass is 10.2. The van der Waals surface area contributed by atoms with Crippen LogP contribution in [0.15, 0.2) is 0 Å². The molecule has 0 aromatic heterocycles. The van der Waals surface area contributed by atoms with Crippen LogP contribution >= 0.6 is 0 Å². The molecule has 0 aliphatic carbocycles. The molecule has 2 atom stereocenters. The molecule has 18 heavy (non-hydrogen) atoms. The average molecular weight is 261 g/mol. The minimum atomic E-state index is -0.149. The van der Waals surface area contributed by atoms with Gasteiger partial charge in [-0.25, -0.2) is 0 Å². The van der Waals surface area contributed by atoms with Crippen LogP contribution < -0.4 is 5.32 Å². The molecule has 0 amide bonds.